The van der Waals surface area contributed by atoms with E-state index in [-0.39, 0.29) is 11.3 Å². The van der Waals surface area contributed by atoms with Gasteiger partial charge in [-0.25, -0.2) is 9.59 Å². The molecule has 0 bridgehead atoms. The number of halogens is 3. The van der Waals surface area contributed by atoms with E-state index in [0.29, 0.717) is 0 Å². The summed E-state index contributed by atoms with van der Waals surface area (Å²) < 4.78 is 39.3. The average Bonchev–Trinajstić information content (AvgIpc) is 2.17. The number of hydrogen-bond acceptors (Lipinski definition) is 3. The van der Waals surface area contributed by atoms with Gasteiger partial charge in [0.1, 0.15) is 5.75 Å². The molecule has 0 heterocycles. The third-order valence-corrected chi connectivity index (χ3v) is 1.54. The smallest absolute Gasteiger partial charge is 0.478 e. The maximum atomic E-state index is 11.8. The fourth-order valence-corrected chi connectivity index (χ4v) is 0.830. The highest BCUT2D eigenvalue weighted by molar-refractivity contribution is 5.87. The monoisotopic (exact) mass is 234 g/mol. The minimum Gasteiger partial charge on any atom is -0.478 e. The summed E-state index contributed by atoms with van der Waals surface area (Å²) in [6.07, 6.45) is -5.08. The largest absolute Gasteiger partial charge is 0.491 e. The molecule has 0 aliphatic rings. The minimum atomic E-state index is -5.08. The summed E-state index contributed by atoms with van der Waals surface area (Å²) >= 11 is 0. The van der Waals surface area contributed by atoms with E-state index in [1.807, 2.05) is 0 Å². The summed E-state index contributed by atoms with van der Waals surface area (Å²) in [6.45, 7) is 0. The second-order valence-electron chi connectivity index (χ2n) is 2.72. The van der Waals surface area contributed by atoms with Crippen LogP contribution in [0.15, 0.2) is 24.3 Å². The van der Waals surface area contributed by atoms with Crippen molar-refractivity contribution in [3.05, 3.63) is 29.8 Å². The predicted molar refractivity (Wildman–Crippen MR) is 45.1 cm³/mol. The van der Waals surface area contributed by atoms with Gasteiger partial charge in [-0.1, -0.05) is 0 Å². The molecule has 0 unspecified atom stereocenters. The summed E-state index contributed by atoms with van der Waals surface area (Å²) in [4.78, 5) is 20.8. The number of rotatable bonds is 2. The minimum absolute atomic E-state index is 0.119. The van der Waals surface area contributed by atoms with Crippen molar-refractivity contribution < 1.29 is 32.6 Å². The van der Waals surface area contributed by atoms with Crippen molar-refractivity contribution in [3.63, 3.8) is 0 Å². The lowest BCUT2D eigenvalue weighted by molar-refractivity contribution is -0.189. The molecule has 0 aromatic heterocycles. The second-order valence-corrected chi connectivity index (χ2v) is 2.72. The number of alkyl halides is 3. The number of aromatic carboxylic acids is 1. The van der Waals surface area contributed by atoms with Crippen molar-refractivity contribution in [2.75, 3.05) is 0 Å². The van der Waals surface area contributed by atoms with Crippen molar-refractivity contribution in [1.82, 2.24) is 0 Å². The van der Waals surface area contributed by atoms with Crippen molar-refractivity contribution in [2.45, 2.75) is 6.18 Å². The summed E-state index contributed by atoms with van der Waals surface area (Å²) in [6, 6.07) is 3.99. The molecule has 0 aliphatic heterocycles. The van der Waals surface area contributed by atoms with E-state index in [1.165, 1.54) is 0 Å². The summed E-state index contributed by atoms with van der Waals surface area (Å²) in [5.41, 5.74) is -0.119. The molecule has 0 saturated heterocycles. The Balaban J connectivity index is 2.77. The number of carbonyl (C=O) groups is 2. The van der Waals surface area contributed by atoms with Gasteiger partial charge in [-0.15, -0.1) is 0 Å². The molecule has 4 nitrogen and oxygen atoms in total. The first-order chi connectivity index (χ1) is 7.30. The molecular formula is C9H5F3O4. The van der Waals surface area contributed by atoms with E-state index >= 15 is 0 Å². The van der Waals surface area contributed by atoms with E-state index in [0.717, 1.165) is 24.3 Å². The third kappa shape index (κ3) is 2.97. The van der Waals surface area contributed by atoms with Crippen LogP contribution in [0.5, 0.6) is 5.75 Å². The highest BCUT2D eigenvalue weighted by Crippen LogP contribution is 2.20. The highest BCUT2D eigenvalue weighted by Gasteiger charge is 2.41. The second kappa shape index (κ2) is 4.21. The number of ether oxygens (including phenoxy) is 1. The topological polar surface area (TPSA) is 63.6 Å². The van der Waals surface area contributed by atoms with Gasteiger partial charge in [0, 0.05) is 0 Å². The molecule has 16 heavy (non-hydrogen) atoms. The van der Waals surface area contributed by atoms with Gasteiger partial charge in [-0.05, 0) is 24.3 Å². The highest BCUT2D eigenvalue weighted by atomic mass is 19.4. The average molecular weight is 234 g/mol. The van der Waals surface area contributed by atoms with E-state index in [9.17, 15) is 22.8 Å². The zero-order chi connectivity index (χ0) is 12.3. The van der Waals surface area contributed by atoms with Crippen LogP contribution in [-0.4, -0.2) is 23.2 Å². The van der Waals surface area contributed by atoms with Crippen LogP contribution in [0.4, 0.5) is 13.2 Å². The number of carbonyl (C=O) groups excluding carboxylic acids is 1. The lowest BCUT2D eigenvalue weighted by atomic mass is 10.2. The van der Waals surface area contributed by atoms with E-state index in [1.54, 1.807) is 0 Å². The Morgan fingerprint density at radius 1 is 1.12 bits per heavy atom. The summed E-state index contributed by atoms with van der Waals surface area (Å²) in [5.74, 6) is -3.95. The van der Waals surface area contributed by atoms with Gasteiger partial charge < -0.3 is 9.84 Å². The third-order valence-electron chi connectivity index (χ3n) is 1.54. The lowest BCUT2D eigenvalue weighted by Gasteiger charge is -2.06. The van der Waals surface area contributed by atoms with Gasteiger partial charge in [0.05, 0.1) is 5.56 Å². The van der Waals surface area contributed by atoms with Gasteiger partial charge in [-0.3, -0.25) is 0 Å². The maximum absolute atomic E-state index is 11.8. The van der Waals surface area contributed by atoms with Crippen LogP contribution >= 0.6 is 0 Å². The molecule has 86 valence electrons. The van der Waals surface area contributed by atoms with Gasteiger partial charge >= 0.3 is 18.1 Å². The lowest BCUT2D eigenvalue weighted by Crippen LogP contribution is -2.27. The van der Waals surface area contributed by atoms with Crippen LogP contribution in [0.25, 0.3) is 0 Å². The van der Waals surface area contributed by atoms with Crippen molar-refractivity contribution in [1.29, 1.82) is 0 Å². The first-order valence-corrected chi connectivity index (χ1v) is 3.93. The molecule has 1 rings (SSSR count). The van der Waals surface area contributed by atoms with Crippen LogP contribution in [0.2, 0.25) is 0 Å². The normalized spacial score (nSPS) is 10.9. The molecule has 7 heteroatoms. The Labute approximate surface area is 87.3 Å². The Morgan fingerprint density at radius 2 is 1.62 bits per heavy atom. The van der Waals surface area contributed by atoms with Crippen LogP contribution in [-0.2, 0) is 4.79 Å². The maximum Gasteiger partial charge on any atom is 0.491 e. The Kier molecular flexibility index (Phi) is 3.17. The number of hydrogen-bond donors (Lipinski definition) is 1. The molecule has 0 amide bonds. The van der Waals surface area contributed by atoms with E-state index in [2.05, 4.69) is 4.74 Å². The fourth-order valence-electron chi connectivity index (χ4n) is 0.830. The Bertz CT molecular complexity index is 408. The molecule has 1 aromatic rings. The molecular weight excluding hydrogens is 229 g/mol. The van der Waals surface area contributed by atoms with Crippen molar-refractivity contribution in [2.24, 2.45) is 0 Å². The first-order valence-electron chi connectivity index (χ1n) is 3.93. The summed E-state index contributed by atoms with van der Waals surface area (Å²) in [5, 5.41) is 8.50. The molecule has 0 atom stereocenters. The number of esters is 1. The van der Waals surface area contributed by atoms with Gasteiger partial charge in [0.25, 0.3) is 0 Å². The first kappa shape index (κ1) is 12.0. The van der Waals surface area contributed by atoms with E-state index in [4.69, 9.17) is 5.11 Å². The molecule has 1 N–H and O–H groups in total. The van der Waals surface area contributed by atoms with Crippen LogP contribution in [0.1, 0.15) is 10.4 Å². The zero-order valence-electron chi connectivity index (χ0n) is 7.62. The molecule has 1 aromatic carbocycles. The van der Waals surface area contributed by atoms with Crippen LogP contribution < -0.4 is 4.74 Å². The van der Waals surface area contributed by atoms with Gasteiger partial charge in [0.2, 0.25) is 0 Å². The Hall–Kier alpha value is -2.05. The number of benzene rings is 1. The standard InChI is InChI=1S/C9H5F3O4/c10-9(11,12)8(15)16-6-3-1-5(2-4-6)7(13)14/h1-4H,(H,13,14). The van der Waals surface area contributed by atoms with Gasteiger partial charge in [-0.2, -0.15) is 13.2 Å². The van der Waals surface area contributed by atoms with Crippen molar-refractivity contribution >= 4 is 11.9 Å². The van der Waals surface area contributed by atoms with Crippen LogP contribution in [0, 0.1) is 0 Å². The number of carboxylic acids is 1. The van der Waals surface area contributed by atoms with Crippen molar-refractivity contribution in [3.8, 4) is 5.75 Å². The molecule has 0 radical (unpaired) electrons. The molecule has 0 aliphatic carbocycles. The Morgan fingerprint density at radius 3 is 2.00 bits per heavy atom. The van der Waals surface area contributed by atoms with E-state index < -0.39 is 18.1 Å². The quantitative estimate of drug-likeness (QED) is 0.626. The molecule has 0 spiro atoms. The number of carboxylic acid groups (broad SMARTS) is 1. The predicted octanol–water partition coefficient (Wildman–Crippen LogP) is 1.85. The van der Waals surface area contributed by atoms with Gasteiger partial charge in [0.15, 0.2) is 0 Å². The molecule has 0 fully saturated rings. The summed E-state index contributed by atoms with van der Waals surface area (Å²) in [7, 11) is 0. The fraction of sp³-hybridized carbons (Fsp3) is 0.111. The molecule has 0 saturated carbocycles. The SMILES string of the molecule is O=C(O)c1ccc(OC(=O)C(F)(F)F)cc1. The van der Waals surface area contributed by atoms with Crippen LogP contribution in [0.3, 0.4) is 0 Å². The zero-order valence-corrected chi connectivity index (χ0v) is 7.62.